The molecular weight excluding hydrogens is 356 g/mol. The molecule has 1 rings (SSSR count). The van der Waals surface area contributed by atoms with Crippen LogP contribution in [0.4, 0.5) is 13.2 Å². The Morgan fingerprint density at radius 2 is 2.18 bits per heavy atom. The minimum atomic E-state index is -4.99. The fourth-order valence-electron chi connectivity index (χ4n) is 1.08. The highest BCUT2D eigenvalue weighted by Gasteiger charge is 2.35. The number of hydrogen-bond acceptors (Lipinski definition) is 4. The molecule has 0 amide bonds. The van der Waals surface area contributed by atoms with Gasteiger partial charge in [-0.15, -0.1) is 13.2 Å². The minimum Gasteiger partial charge on any atom is -0.477 e. The molecule has 0 fully saturated rings. The lowest BCUT2D eigenvalue weighted by molar-refractivity contribution is -0.275. The Kier molecular flexibility index (Phi) is 4.14. The molecule has 0 atom stereocenters. The maximum Gasteiger partial charge on any atom is 0.573 e. The quantitative estimate of drug-likeness (QED) is 0.632. The summed E-state index contributed by atoms with van der Waals surface area (Å²) in [4.78, 5) is 14.4. The predicted octanol–water partition coefficient (Wildman–Crippen LogP) is 1.74. The van der Waals surface area contributed by atoms with Crippen LogP contribution in [0.15, 0.2) is 6.20 Å². The van der Waals surface area contributed by atoms with Crippen LogP contribution < -0.4 is 10.5 Å². The van der Waals surface area contributed by atoms with E-state index in [0.717, 1.165) is 6.20 Å². The number of nitrogens with two attached hydrogens (primary N) is 1. The molecule has 0 saturated heterocycles. The molecule has 1 heterocycles. The summed E-state index contributed by atoms with van der Waals surface area (Å²) in [7, 11) is 0. The van der Waals surface area contributed by atoms with Crippen molar-refractivity contribution >= 4 is 28.6 Å². The summed E-state index contributed by atoms with van der Waals surface area (Å²) in [5.74, 6) is -2.38. The lowest BCUT2D eigenvalue weighted by atomic mass is 10.1. The fraction of sp³-hybridized carbons (Fsp3) is 0.250. The largest absolute Gasteiger partial charge is 0.573 e. The van der Waals surface area contributed by atoms with E-state index in [9.17, 15) is 18.0 Å². The molecule has 0 unspecified atom stereocenters. The zero-order valence-electron chi connectivity index (χ0n) is 8.08. The average Bonchev–Trinajstić information content (AvgIpc) is 2.15. The van der Waals surface area contributed by atoms with Crippen molar-refractivity contribution in [2.24, 2.45) is 5.73 Å². The van der Waals surface area contributed by atoms with Crippen molar-refractivity contribution in [2.45, 2.75) is 12.9 Å². The number of pyridine rings is 1. The van der Waals surface area contributed by atoms with Crippen LogP contribution in [0, 0.1) is 3.70 Å². The van der Waals surface area contributed by atoms with Crippen LogP contribution in [0.3, 0.4) is 0 Å². The first-order valence-electron chi connectivity index (χ1n) is 4.12. The van der Waals surface area contributed by atoms with Crippen molar-refractivity contribution < 1.29 is 27.8 Å². The zero-order chi connectivity index (χ0) is 13.2. The molecular formula is C8H6F3IN2O3. The number of alkyl halides is 3. The maximum atomic E-state index is 12.2. The molecule has 17 heavy (non-hydrogen) atoms. The second-order valence-electron chi connectivity index (χ2n) is 2.83. The molecule has 0 saturated carbocycles. The van der Waals surface area contributed by atoms with Crippen molar-refractivity contribution in [3.8, 4) is 5.75 Å². The van der Waals surface area contributed by atoms with Gasteiger partial charge in [-0.2, -0.15) is 0 Å². The van der Waals surface area contributed by atoms with Crippen LogP contribution in [-0.4, -0.2) is 22.4 Å². The number of ether oxygens (including phenoxy) is 1. The van der Waals surface area contributed by atoms with Crippen LogP contribution >= 0.6 is 22.6 Å². The summed E-state index contributed by atoms with van der Waals surface area (Å²) < 4.78 is 40.3. The summed E-state index contributed by atoms with van der Waals surface area (Å²) in [5.41, 5.74) is 4.48. The van der Waals surface area contributed by atoms with Gasteiger partial charge >= 0.3 is 12.3 Å². The van der Waals surface area contributed by atoms with Gasteiger partial charge in [-0.25, -0.2) is 9.78 Å². The van der Waals surface area contributed by atoms with Crippen LogP contribution in [0.2, 0.25) is 0 Å². The zero-order valence-corrected chi connectivity index (χ0v) is 10.2. The molecule has 1 aromatic heterocycles. The van der Waals surface area contributed by atoms with Crippen molar-refractivity contribution in [1.29, 1.82) is 0 Å². The molecule has 0 aliphatic carbocycles. The van der Waals surface area contributed by atoms with E-state index in [1.54, 1.807) is 22.6 Å². The third-order valence-electron chi connectivity index (χ3n) is 1.73. The summed E-state index contributed by atoms with van der Waals surface area (Å²) in [6, 6.07) is 0. The monoisotopic (exact) mass is 362 g/mol. The van der Waals surface area contributed by atoms with Gasteiger partial charge in [0.2, 0.25) is 0 Å². The third kappa shape index (κ3) is 3.43. The van der Waals surface area contributed by atoms with Gasteiger partial charge in [0.05, 0.1) is 0 Å². The third-order valence-corrected chi connectivity index (χ3v) is 2.66. The SMILES string of the molecule is NCc1c(I)ncc(C(=O)O)c1OC(F)(F)F. The van der Waals surface area contributed by atoms with E-state index in [4.69, 9.17) is 10.8 Å². The van der Waals surface area contributed by atoms with Gasteiger partial charge in [-0.3, -0.25) is 0 Å². The normalized spacial score (nSPS) is 11.4. The van der Waals surface area contributed by atoms with E-state index in [1.807, 2.05) is 0 Å². The Balaban J connectivity index is 3.39. The average molecular weight is 362 g/mol. The van der Waals surface area contributed by atoms with Crippen LogP contribution in [0.5, 0.6) is 5.75 Å². The number of carboxylic acids is 1. The molecule has 94 valence electrons. The summed E-state index contributed by atoms with van der Waals surface area (Å²) in [5, 5.41) is 8.74. The molecule has 0 aliphatic heterocycles. The lowest BCUT2D eigenvalue weighted by Crippen LogP contribution is -2.22. The number of carboxylic acid groups (broad SMARTS) is 1. The second-order valence-corrected chi connectivity index (χ2v) is 3.85. The van der Waals surface area contributed by atoms with E-state index in [1.165, 1.54) is 0 Å². The van der Waals surface area contributed by atoms with E-state index in [2.05, 4.69) is 9.72 Å². The Hall–Kier alpha value is -1.10. The van der Waals surface area contributed by atoms with Gasteiger partial charge in [-0.1, -0.05) is 0 Å². The van der Waals surface area contributed by atoms with Crippen LogP contribution in [0.1, 0.15) is 15.9 Å². The minimum absolute atomic E-state index is 0.0946. The molecule has 3 N–H and O–H groups in total. The predicted molar refractivity (Wildman–Crippen MR) is 58.5 cm³/mol. The summed E-state index contributed by atoms with van der Waals surface area (Å²) in [6.45, 7) is -0.308. The number of hydrogen-bond donors (Lipinski definition) is 2. The highest BCUT2D eigenvalue weighted by molar-refractivity contribution is 14.1. The van der Waals surface area contributed by atoms with Gasteiger partial charge < -0.3 is 15.6 Å². The Morgan fingerprint density at radius 3 is 2.59 bits per heavy atom. The Labute approximate surface area is 107 Å². The number of halogens is 4. The molecule has 0 spiro atoms. The second kappa shape index (κ2) is 5.04. The molecule has 0 aliphatic rings. The lowest BCUT2D eigenvalue weighted by Gasteiger charge is -2.15. The van der Waals surface area contributed by atoms with E-state index in [-0.39, 0.29) is 15.8 Å². The Morgan fingerprint density at radius 1 is 1.59 bits per heavy atom. The fourth-order valence-corrected chi connectivity index (χ4v) is 1.68. The van der Waals surface area contributed by atoms with Crippen molar-refractivity contribution in [3.63, 3.8) is 0 Å². The van der Waals surface area contributed by atoms with Crippen molar-refractivity contribution in [3.05, 3.63) is 21.0 Å². The van der Waals surface area contributed by atoms with Crippen LogP contribution in [0.25, 0.3) is 0 Å². The topological polar surface area (TPSA) is 85.4 Å². The van der Waals surface area contributed by atoms with Gasteiger partial charge in [0.1, 0.15) is 9.26 Å². The first kappa shape index (κ1) is 14.0. The smallest absolute Gasteiger partial charge is 0.477 e. The van der Waals surface area contributed by atoms with Crippen molar-refractivity contribution in [2.75, 3.05) is 0 Å². The molecule has 0 radical (unpaired) electrons. The first-order chi connectivity index (χ1) is 7.76. The highest BCUT2D eigenvalue weighted by atomic mass is 127. The number of carbonyl (C=O) groups is 1. The Bertz CT molecular complexity index is 450. The maximum absolute atomic E-state index is 12.2. The van der Waals surface area contributed by atoms with Gasteiger partial charge in [0, 0.05) is 18.3 Å². The summed E-state index contributed by atoms with van der Waals surface area (Å²) in [6.07, 6.45) is -4.19. The molecule has 0 bridgehead atoms. The van der Waals surface area contributed by atoms with Gasteiger partial charge in [0.15, 0.2) is 5.75 Å². The first-order valence-corrected chi connectivity index (χ1v) is 5.20. The highest BCUT2D eigenvalue weighted by Crippen LogP contribution is 2.31. The molecule has 5 nitrogen and oxygen atoms in total. The number of nitrogens with zero attached hydrogens (tertiary/aromatic N) is 1. The molecule has 9 heteroatoms. The van der Waals surface area contributed by atoms with Gasteiger partial charge in [-0.05, 0) is 22.6 Å². The standard InChI is InChI=1S/C8H6F3IN2O3/c9-8(10,11)17-5-3(1-13)6(12)14-2-4(5)7(15)16/h2H,1,13H2,(H,15,16). The van der Waals surface area contributed by atoms with Crippen LogP contribution in [-0.2, 0) is 6.54 Å². The van der Waals surface area contributed by atoms with Gasteiger partial charge in [0.25, 0.3) is 0 Å². The molecule has 1 aromatic rings. The number of aromatic carboxylic acids is 1. The van der Waals surface area contributed by atoms with E-state index >= 15 is 0 Å². The van der Waals surface area contributed by atoms with Crippen molar-refractivity contribution in [1.82, 2.24) is 4.98 Å². The van der Waals surface area contributed by atoms with E-state index in [0.29, 0.717) is 0 Å². The van der Waals surface area contributed by atoms with E-state index < -0.39 is 23.6 Å². The number of rotatable bonds is 3. The molecule has 0 aromatic carbocycles. The number of aromatic nitrogens is 1. The summed E-state index contributed by atoms with van der Waals surface area (Å²) >= 11 is 1.65.